The van der Waals surface area contributed by atoms with E-state index >= 15 is 0 Å². The molecule has 0 unspecified atom stereocenters. The van der Waals surface area contributed by atoms with E-state index in [1.54, 1.807) is 0 Å². The lowest BCUT2D eigenvalue weighted by molar-refractivity contribution is -0.108. The minimum absolute atomic E-state index is 0.00292. The second kappa shape index (κ2) is 4.37. The Labute approximate surface area is 115 Å². The van der Waals surface area contributed by atoms with Crippen molar-refractivity contribution in [1.29, 1.82) is 0 Å². The van der Waals surface area contributed by atoms with Crippen LogP contribution in [-0.4, -0.2) is 31.3 Å². The zero-order valence-electron chi connectivity index (χ0n) is 12.3. The Bertz CT molecular complexity index is 376. The molecule has 4 heteroatoms. The van der Waals surface area contributed by atoms with Crippen molar-refractivity contribution in [2.45, 2.75) is 58.6 Å². The first-order valence-electron chi connectivity index (χ1n) is 7.64. The number of hydrogen-bond donors (Lipinski definition) is 2. The Kier molecular flexibility index (Phi) is 3.04. The smallest absolute Gasteiger partial charge is 0.315 e. The number of carbonyl (C=O) groups excluding carboxylic acids is 1. The predicted molar refractivity (Wildman–Crippen MR) is 73.9 cm³/mol. The molecule has 3 aliphatic rings. The third kappa shape index (κ3) is 2.14. The first kappa shape index (κ1) is 13.2. The predicted octanol–water partition coefficient (Wildman–Crippen LogP) is 2.29. The average molecular weight is 266 g/mol. The van der Waals surface area contributed by atoms with Gasteiger partial charge in [-0.3, -0.25) is 0 Å². The summed E-state index contributed by atoms with van der Waals surface area (Å²) >= 11 is 0. The summed E-state index contributed by atoms with van der Waals surface area (Å²) in [5.41, 5.74) is 0.478. The second-order valence-corrected chi connectivity index (χ2v) is 7.22. The van der Waals surface area contributed by atoms with Crippen LogP contribution < -0.4 is 10.6 Å². The summed E-state index contributed by atoms with van der Waals surface area (Å²) in [5.74, 6) is 0.516. The molecule has 3 rings (SSSR count). The summed E-state index contributed by atoms with van der Waals surface area (Å²) in [6.07, 6.45) is 5.11. The highest BCUT2D eigenvalue weighted by Gasteiger charge is 2.59. The van der Waals surface area contributed by atoms with E-state index in [9.17, 15) is 4.79 Å². The van der Waals surface area contributed by atoms with Gasteiger partial charge in [0.05, 0.1) is 6.10 Å². The minimum Gasteiger partial charge on any atom is -0.377 e. The van der Waals surface area contributed by atoms with Gasteiger partial charge in [-0.1, -0.05) is 20.8 Å². The van der Waals surface area contributed by atoms with Crippen molar-refractivity contribution in [2.24, 2.45) is 16.7 Å². The van der Waals surface area contributed by atoms with E-state index in [2.05, 4.69) is 31.4 Å². The van der Waals surface area contributed by atoms with Gasteiger partial charge in [-0.25, -0.2) is 4.79 Å². The molecule has 108 valence electrons. The van der Waals surface area contributed by atoms with Gasteiger partial charge in [0.1, 0.15) is 0 Å². The van der Waals surface area contributed by atoms with Gasteiger partial charge in [0.25, 0.3) is 0 Å². The molecular formula is C15H26N2O2. The zero-order chi connectivity index (χ0) is 13.7. The molecule has 2 amide bonds. The fourth-order valence-electron chi connectivity index (χ4n) is 3.91. The van der Waals surface area contributed by atoms with E-state index in [-0.39, 0.29) is 17.5 Å². The van der Waals surface area contributed by atoms with Crippen LogP contribution in [0.25, 0.3) is 0 Å². The summed E-state index contributed by atoms with van der Waals surface area (Å²) in [5, 5.41) is 6.23. The molecule has 19 heavy (non-hydrogen) atoms. The molecule has 2 saturated carbocycles. The van der Waals surface area contributed by atoms with Crippen molar-refractivity contribution in [2.75, 3.05) is 13.2 Å². The molecule has 0 aromatic carbocycles. The highest BCUT2D eigenvalue weighted by Crippen LogP contribution is 2.52. The molecule has 0 spiro atoms. The molecule has 1 heterocycles. The van der Waals surface area contributed by atoms with Gasteiger partial charge in [-0.15, -0.1) is 0 Å². The summed E-state index contributed by atoms with van der Waals surface area (Å²) in [6.45, 7) is 8.27. The van der Waals surface area contributed by atoms with Crippen LogP contribution in [0.15, 0.2) is 0 Å². The van der Waals surface area contributed by atoms with Crippen LogP contribution in [0, 0.1) is 16.7 Å². The van der Waals surface area contributed by atoms with E-state index in [4.69, 9.17) is 4.74 Å². The Hall–Kier alpha value is -0.770. The fraction of sp³-hybridized carbons (Fsp3) is 0.933. The third-order valence-corrected chi connectivity index (χ3v) is 5.72. The van der Waals surface area contributed by atoms with Crippen LogP contribution in [0.5, 0.6) is 0 Å². The van der Waals surface area contributed by atoms with Crippen LogP contribution in [0.2, 0.25) is 0 Å². The molecule has 0 radical (unpaired) electrons. The van der Waals surface area contributed by atoms with Crippen LogP contribution in [0.4, 0.5) is 4.79 Å². The molecule has 4 nitrogen and oxygen atoms in total. The van der Waals surface area contributed by atoms with Crippen molar-refractivity contribution in [3.05, 3.63) is 0 Å². The topological polar surface area (TPSA) is 50.4 Å². The Morgan fingerprint density at radius 1 is 1.37 bits per heavy atom. The van der Waals surface area contributed by atoms with Gasteiger partial charge in [-0.05, 0) is 31.1 Å². The SMILES string of the molecule is CCC1(CNC(=O)N[C@@H]2[C@@H]3CCO[C@H]3C2(C)C)CC1. The largest absolute Gasteiger partial charge is 0.377 e. The van der Waals surface area contributed by atoms with Gasteiger partial charge >= 0.3 is 6.03 Å². The lowest BCUT2D eigenvalue weighted by atomic mass is 9.57. The third-order valence-electron chi connectivity index (χ3n) is 5.72. The molecular weight excluding hydrogens is 240 g/mol. The molecule has 3 atom stereocenters. The molecule has 0 aromatic rings. The van der Waals surface area contributed by atoms with Crippen molar-refractivity contribution in [1.82, 2.24) is 10.6 Å². The Morgan fingerprint density at radius 2 is 2.11 bits per heavy atom. The maximum absolute atomic E-state index is 12.0. The number of hydrogen-bond acceptors (Lipinski definition) is 2. The normalized spacial score (nSPS) is 37.1. The quantitative estimate of drug-likeness (QED) is 0.820. The number of rotatable bonds is 4. The number of amides is 2. The van der Waals surface area contributed by atoms with Gasteiger partial charge in [-0.2, -0.15) is 0 Å². The van der Waals surface area contributed by atoms with E-state index < -0.39 is 0 Å². The average Bonchev–Trinajstić information content (AvgIpc) is 3.03. The molecule has 0 aromatic heterocycles. The van der Waals surface area contributed by atoms with E-state index in [1.807, 2.05) is 0 Å². The minimum atomic E-state index is 0.00292. The lowest BCUT2D eigenvalue weighted by Crippen LogP contribution is -2.67. The van der Waals surface area contributed by atoms with E-state index in [0.29, 0.717) is 17.4 Å². The molecule has 1 saturated heterocycles. The van der Waals surface area contributed by atoms with Crippen LogP contribution in [0.3, 0.4) is 0 Å². The number of nitrogens with one attached hydrogen (secondary N) is 2. The Balaban J connectivity index is 1.50. The lowest BCUT2D eigenvalue weighted by Gasteiger charge is -2.54. The first-order chi connectivity index (χ1) is 8.98. The van der Waals surface area contributed by atoms with E-state index in [0.717, 1.165) is 19.6 Å². The summed E-state index contributed by atoms with van der Waals surface area (Å²) < 4.78 is 5.75. The molecule has 1 aliphatic heterocycles. The van der Waals surface area contributed by atoms with Crippen LogP contribution in [0.1, 0.15) is 46.5 Å². The van der Waals surface area contributed by atoms with Gasteiger partial charge in [0, 0.05) is 30.5 Å². The number of fused-ring (bicyclic) bond motifs is 1. The summed E-state index contributed by atoms with van der Waals surface area (Å²) in [6, 6.07) is 0.264. The fourth-order valence-corrected chi connectivity index (χ4v) is 3.91. The van der Waals surface area contributed by atoms with Crippen molar-refractivity contribution in [3.8, 4) is 0 Å². The second-order valence-electron chi connectivity index (χ2n) is 7.22. The van der Waals surface area contributed by atoms with Crippen LogP contribution >= 0.6 is 0 Å². The highest BCUT2D eigenvalue weighted by atomic mass is 16.5. The van der Waals surface area contributed by atoms with Gasteiger partial charge in [0.2, 0.25) is 0 Å². The molecule has 2 N–H and O–H groups in total. The zero-order valence-corrected chi connectivity index (χ0v) is 12.3. The number of carbonyl (C=O) groups is 1. The van der Waals surface area contributed by atoms with Crippen molar-refractivity contribution < 1.29 is 9.53 Å². The molecule has 0 bridgehead atoms. The van der Waals surface area contributed by atoms with Crippen molar-refractivity contribution in [3.63, 3.8) is 0 Å². The highest BCUT2D eigenvalue weighted by molar-refractivity contribution is 5.74. The summed E-state index contributed by atoms with van der Waals surface area (Å²) in [4.78, 5) is 12.0. The molecule has 3 fully saturated rings. The molecule has 2 aliphatic carbocycles. The maximum Gasteiger partial charge on any atom is 0.315 e. The standard InChI is InChI=1S/C15H26N2O2/c1-4-15(6-7-15)9-16-13(18)17-11-10-5-8-19-12(10)14(11,2)3/h10-12H,4-9H2,1-3H3,(H2,16,17,18)/t10-,11+,12+/m0/s1. The first-order valence-corrected chi connectivity index (χ1v) is 7.64. The maximum atomic E-state index is 12.0. The monoisotopic (exact) mass is 266 g/mol. The van der Waals surface area contributed by atoms with Crippen molar-refractivity contribution >= 4 is 6.03 Å². The Morgan fingerprint density at radius 3 is 2.74 bits per heavy atom. The summed E-state index contributed by atoms with van der Waals surface area (Å²) in [7, 11) is 0. The number of urea groups is 1. The number of ether oxygens (including phenoxy) is 1. The van der Waals surface area contributed by atoms with Gasteiger partial charge < -0.3 is 15.4 Å². The van der Waals surface area contributed by atoms with Crippen LogP contribution in [-0.2, 0) is 4.74 Å². The van der Waals surface area contributed by atoms with Gasteiger partial charge in [0.15, 0.2) is 0 Å². The van der Waals surface area contributed by atoms with E-state index in [1.165, 1.54) is 19.3 Å².